The molecule has 2 heterocycles. The Morgan fingerprint density at radius 2 is 1.93 bits per heavy atom. The van der Waals surface area contributed by atoms with Gasteiger partial charge in [0.1, 0.15) is 16.9 Å². The molecule has 0 aliphatic heterocycles. The summed E-state index contributed by atoms with van der Waals surface area (Å²) in [4.78, 5) is 8.46. The van der Waals surface area contributed by atoms with Crippen molar-refractivity contribution in [2.24, 2.45) is 7.05 Å². The lowest BCUT2D eigenvalue weighted by Gasteiger charge is -2.04. The maximum Gasteiger partial charge on any atom is 0.241 e. The number of aryl methyl sites for hydroxylation is 2. The number of hydrogen-bond acceptors (Lipinski definition) is 4. The highest BCUT2D eigenvalue weighted by Gasteiger charge is 2.15. The first-order valence-corrected chi connectivity index (χ1v) is 4.91. The SMILES string of the molecule is Cc1nn(C)c2c(O)nc(C(C)C)nc12. The van der Waals surface area contributed by atoms with Crippen molar-refractivity contribution in [3.63, 3.8) is 0 Å². The molecule has 0 radical (unpaired) electrons. The standard InChI is InChI=1S/C10H14N4O/c1-5(2)9-11-7-6(3)13-14(4)8(7)10(15)12-9/h5H,1-4H3,(H,11,12,15). The van der Waals surface area contributed by atoms with Gasteiger partial charge in [0.15, 0.2) is 0 Å². The smallest absolute Gasteiger partial charge is 0.241 e. The zero-order valence-corrected chi connectivity index (χ0v) is 9.31. The minimum atomic E-state index is 0.00630. The third kappa shape index (κ3) is 1.44. The lowest BCUT2D eigenvalue weighted by atomic mass is 10.2. The molecule has 5 heteroatoms. The molecule has 0 bridgehead atoms. The zero-order valence-electron chi connectivity index (χ0n) is 9.31. The van der Waals surface area contributed by atoms with Crippen LogP contribution in [0.15, 0.2) is 0 Å². The third-order valence-electron chi connectivity index (χ3n) is 2.37. The molecule has 0 aliphatic rings. The van der Waals surface area contributed by atoms with Crippen molar-refractivity contribution in [1.29, 1.82) is 0 Å². The van der Waals surface area contributed by atoms with E-state index in [1.54, 1.807) is 11.7 Å². The average molecular weight is 206 g/mol. The van der Waals surface area contributed by atoms with Crippen LogP contribution in [-0.4, -0.2) is 24.9 Å². The first kappa shape index (κ1) is 9.89. The molecule has 0 spiro atoms. The Kier molecular flexibility index (Phi) is 2.10. The minimum Gasteiger partial charge on any atom is -0.492 e. The molecule has 2 aromatic heterocycles. The van der Waals surface area contributed by atoms with E-state index in [4.69, 9.17) is 0 Å². The van der Waals surface area contributed by atoms with Gasteiger partial charge in [0, 0.05) is 13.0 Å². The largest absolute Gasteiger partial charge is 0.492 e. The van der Waals surface area contributed by atoms with E-state index in [0.29, 0.717) is 11.3 Å². The summed E-state index contributed by atoms with van der Waals surface area (Å²) in [5, 5.41) is 14.0. The first-order chi connectivity index (χ1) is 7.00. The maximum atomic E-state index is 9.78. The van der Waals surface area contributed by atoms with Crippen LogP contribution in [0, 0.1) is 6.92 Å². The molecule has 5 nitrogen and oxygen atoms in total. The van der Waals surface area contributed by atoms with Gasteiger partial charge in [-0.05, 0) is 6.92 Å². The molecule has 0 fully saturated rings. The van der Waals surface area contributed by atoms with E-state index in [1.165, 1.54) is 0 Å². The van der Waals surface area contributed by atoms with E-state index in [2.05, 4.69) is 15.1 Å². The highest BCUT2D eigenvalue weighted by molar-refractivity contribution is 5.81. The molecular formula is C10H14N4O. The Balaban J connectivity index is 2.81. The molecule has 0 atom stereocenters. The summed E-state index contributed by atoms with van der Waals surface area (Å²) in [7, 11) is 1.77. The van der Waals surface area contributed by atoms with Gasteiger partial charge in [0.25, 0.3) is 0 Å². The van der Waals surface area contributed by atoms with Gasteiger partial charge in [-0.2, -0.15) is 10.1 Å². The minimum absolute atomic E-state index is 0.00630. The van der Waals surface area contributed by atoms with Crippen LogP contribution < -0.4 is 0 Å². The van der Waals surface area contributed by atoms with Crippen LogP contribution >= 0.6 is 0 Å². The van der Waals surface area contributed by atoms with E-state index < -0.39 is 0 Å². The summed E-state index contributed by atoms with van der Waals surface area (Å²) in [6, 6.07) is 0. The van der Waals surface area contributed by atoms with Crippen LogP contribution in [0.5, 0.6) is 5.88 Å². The number of fused-ring (bicyclic) bond motifs is 1. The van der Waals surface area contributed by atoms with Crippen molar-refractivity contribution in [3.8, 4) is 5.88 Å². The monoisotopic (exact) mass is 206 g/mol. The van der Waals surface area contributed by atoms with Crippen molar-refractivity contribution in [3.05, 3.63) is 11.5 Å². The number of aromatic nitrogens is 4. The molecule has 15 heavy (non-hydrogen) atoms. The number of rotatable bonds is 1. The predicted octanol–water partition coefficient (Wildman–Crippen LogP) is 1.50. The van der Waals surface area contributed by atoms with Gasteiger partial charge in [-0.3, -0.25) is 4.68 Å². The molecule has 1 N–H and O–H groups in total. The molecule has 0 saturated carbocycles. The van der Waals surface area contributed by atoms with Gasteiger partial charge in [0.2, 0.25) is 5.88 Å². The van der Waals surface area contributed by atoms with Crippen LogP contribution in [0.3, 0.4) is 0 Å². The Morgan fingerprint density at radius 1 is 1.27 bits per heavy atom. The van der Waals surface area contributed by atoms with Crippen LogP contribution in [0.4, 0.5) is 0 Å². The highest BCUT2D eigenvalue weighted by atomic mass is 16.3. The van der Waals surface area contributed by atoms with Crippen LogP contribution in [0.2, 0.25) is 0 Å². The van der Waals surface area contributed by atoms with Crippen LogP contribution in [-0.2, 0) is 7.05 Å². The maximum absolute atomic E-state index is 9.78. The fourth-order valence-corrected chi connectivity index (χ4v) is 1.59. The molecule has 0 aliphatic carbocycles. The Hall–Kier alpha value is -1.65. The second kappa shape index (κ2) is 3.18. The summed E-state index contributed by atoms with van der Waals surface area (Å²) in [5.41, 5.74) is 2.14. The Morgan fingerprint density at radius 3 is 2.53 bits per heavy atom. The van der Waals surface area contributed by atoms with Gasteiger partial charge < -0.3 is 5.11 Å². The fraction of sp³-hybridized carbons (Fsp3) is 0.500. The summed E-state index contributed by atoms with van der Waals surface area (Å²) in [6.45, 7) is 5.86. The lowest BCUT2D eigenvalue weighted by Crippen LogP contribution is -1.99. The van der Waals surface area contributed by atoms with E-state index in [-0.39, 0.29) is 11.8 Å². The number of hydrogen-bond donors (Lipinski definition) is 1. The van der Waals surface area contributed by atoms with Crippen molar-refractivity contribution < 1.29 is 5.11 Å². The molecule has 80 valence electrons. The fourth-order valence-electron chi connectivity index (χ4n) is 1.59. The predicted molar refractivity (Wildman–Crippen MR) is 56.8 cm³/mol. The quantitative estimate of drug-likeness (QED) is 0.768. The Bertz CT molecular complexity index is 516. The van der Waals surface area contributed by atoms with Gasteiger partial charge in [-0.25, -0.2) is 4.98 Å². The average Bonchev–Trinajstić information content (AvgIpc) is 2.42. The second-order valence-electron chi connectivity index (χ2n) is 3.97. The molecule has 0 saturated heterocycles. The van der Waals surface area contributed by atoms with Gasteiger partial charge >= 0.3 is 0 Å². The highest BCUT2D eigenvalue weighted by Crippen LogP contribution is 2.25. The normalized spacial score (nSPS) is 11.5. The molecular weight excluding hydrogens is 192 g/mol. The molecule has 2 aromatic rings. The van der Waals surface area contributed by atoms with E-state index in [1.807, 2.05) is 20.8 Å². The number of nitrogens with zero attached hydrogens (tertiary/aromatic N) is 4. The van der Waals surface area contributed by atoms with Crippen LogP contribution in [0.25, 0.3) is 11.0 Å². The molecule has 2 rings (SSSR count). The van der Waals surface area contributed by atoms with E-state index >= 15 is 0 Å². The summed E-state index contributed by atoms with van der Waals surface area (Å²) < 4.78 is 1.60. The molecule has 0 amide bonds. The molecule has 0 unspecified atom stereocenters. The van der Waals surface area contributed by atoms with Crippen molar-refractivity contribution >= 4 is 11.0 Å². The Labute approximate surface area is 87.8 Å². The van der Waals surface area contributed by atoms with Crippen molar-refractivity contribution in [1.82, 2.24) is 19.7 Å². The summed E-state index contributed by atoms with van der Waals surface area (Å²) in [5.74, 6) is 0.850. The van der Waals surface area contributed by atoms with Crippen molar-refractivity contribution in [2.75, 3.05) is 0 Å². The molecule has 0 aromatic carbocycles. The first-order valence-electron chi connectivity index (χ1n) is 4.91. The number of aromatic hydroxyl groups is 1. The van der Waals surface area contributed by atoms with Gasteiger partial charge in [-0.15, -0.1) is 0 Å². The van der Waals surface area contributed by atoms with Gasteiger partial charge in [0.05, 0.1) is 5.69 Å². The topological polar surface area (TPSA) is 63.8 Å². The summed E-state index contributed by atoms with van der Waals surface area (Å²) >= 11 is 0. The second-order valence-corrected chi connectivity index (χ2v) is 3.97. The lowest BCUT2D eigenvalue weighted by molar-refractivity contribution is 0.451. The summed E-state index contributed by atoms with van der Waals surface area (Å²) in [6.07, 6.45) is 0. The van der Waals surface area contributed by atoms with Crippen molar-refractivity contribution in [2.45, 2.75) is 26.7 Å². The third-order valence-corrected chi connectivity index (χ3v) is 2.37. The van der Waals surface area contributed by atoms with E-state index in [0.717, 1.165) is 11.2 Å². The van der Waals surface area contributed by atoms with Gasteiger partial charge in [-0.1, -0.05) is 13.8 Å². The van der Waals surface area contributed by atoms with E-state index in [9.17, 15) is 5.11 Å². The zero-order chi connectivity index (χ0) is 11.2. The van der Waals surface area contributed by atoms with Crippen LogP contribution in [0.1, 0.15) is 31.3 Å².